The van der Waals surface area contributed by atoms with Gasteiger partial charge >= 0.3 is 0 Å². The lowest BCUT2D eigenvalue weighted by Crippen LogP contribution is -2.00. The number of aromatic amines is 1. The maximum Gasteiger partial charge on any atom is 0.170 e. The van der Waals surface area contributed by atoms with Gasteiger partial charge in [-0.2, -0.15) is 0 Å². The third-order valence-electron chi connectivity index (χ3n) is 2.01. The SMILES string of the molecule is Clc1ccc(COc2cc[nH+]cc2)cc1. The van der Waals surface area contributed by atoms with Crippen LogP contribution in [0.5, 0.6) is 5.75 Å². The number of aromatic nitrogens is 1. The van der Waals surface area contributed by atoms with Crippen LogP contribution in [0.3, 0.4) is 0 Å². The first-order chi connectivity index (χ1) is 7.34. The summed E-state index contributed by atoms with van der Waals surface area (Å²) in [5.41, 5.74) is 1.10. The molecule has 15 heavy (non-hydrogen) atoms. The van der Waals surface area contributed by atoms with Crippen LogP contribution in [-0.4, -0.2) is 0 Å². The van der Waals surface area contributed by atoms with Crippen LogP contribution in [0.4, 0.5) is 0 Å². The average molecular weight is 221 g/mol. The summed E-state index contributed by atoms with van der Waals surface area (Å²) in [7, 11) is 0. The van der Waals surface area contributed by atoms with Crippen molar-refractivity contribution in [3.8, 4) is 5.75 Å². The first-order valence-corrected chi connectivity index (χ1v) is 5.06. The van der Waals surface area contributed by atoms with Crippen LogP contribution in [0.1, 0.15) is 5.56 Å². The van der Waals surface area contributed by atoms with E-state index in [2.05, 4.69) is 4.98 Å². The van der Waals surface area contributed by atoms with E-state index in [1.54, 1.807) is 0 Å². The molecular formula is C12H11ClNO+. The summed E-state index contributed by atoms with van der Waals surface area (Å²) >= 11 is 5.78. The second-order valence-electron chi connectivity index (χ2n) is 3.15. The van der Waals surface area contributed by atoms with Crippen molar-refractivity contribution in [1.82, 2.24) is 0 Å². The van der Waals surface area contributed by atoms with Crippen LogP contribution in [0.2, 0.25) is 5.02 Å². The van der Waals surface area contributed by atoms with Crippen LogP contribution >= 0.6 is 11.6 Å². The van der Waals surface area contributed by atoms with Gasteiger partial charge in [-0.3, -0.25) is 0 Å². The molecule has 0 aliphatic carbocycles. The number of ether oxygens (including phenoxy) is 1. The highest BCUT2D eigenvalue weighted by atomic mass is 35.5. The summed E-state index contributed by atoms with van der Waals surface area (Å²) in [6, 6.07) is 11.4. The molecule has 2 aromatic rings. The van der Waals surface area contributed by atoms with Crippen molar-refractivity contribution in [2.24, 2.45) is 0 Å². The van der Waals surface area contributed by atoms with Gasteiger partial charge in [-0.25, -0.2) is 4.98 Å². The number of hydrogen-bond acceptors (Lipinski definition) is 1. The van der Waals surface area contributed by atoms with Gasteiger partial charge in [-0.1, -0.05) is 23.7 Å². The summed E-state index contributed by atoms with van der Waals surface area (Å²) in [4.78, 5) is 2.94. The van der Waals surface area contributed by atoms with Crippen LogP contribution < -0.4 is 9.72 Å². The maximum absolute atomic E-state index is 5.78. The molecule has 0 bridgehead atoms. The quantitative estimate of drug-likeness (QED) is 0.780. The molecule has 1 heterocycles. The number of benzene rings is 1. The van der Waals surface area contributed by atoms with Crippen molar-refractivity contribution in [3.63, 3.8) is 0 Å². The van der Waals surface area contributed by atoms with Crippen molar-refractivity contribution in [2.75, 3.05) is 0 Å². The van der Waals surface area contributed by atoms with E-state index in [-0.39, 0.29) is 0 Å². The Hall–Kier alpha value is -1.54. The van der Waals surface area contributed by atoms with E-state index in [0.29, 0.717) is 6.61 Å². The Labute approximate surface area is 93.5 Å². The maximum atomic E-state index is 5.78. The summed E-state index contributed by atoms with van der Waals surface area (Å²) in [5, 5.41) is 0.744. The molecule has 0 amide bonds. The molecule has 1 N–H and O–H groups in total. The number of nitrogens with one attached hydrogen (secondary N) is 1. The molecule has 0 saturated carbocycles. The molecule has 0 atom stereocenters. The number of pyridine rings is 1. The van der Waals surface area contributed by atoms with Gasteiger partial charge < -0.3 is 4.74 Å². The molecule has 0 aliphatic rings. The Morgan fingerprint density at radius 3 is 2.33 bits per heavy atom. The molecule has 0 unspecified atom stereocenters. The first-order valence-electron chi connectivity index (χ1n) is 4.68. The van der Waals surface area contributed by atoms with E-state index in [1.165, 1.54) is 0 Å². The fourth-order valence-electron chi connectivity index (χ4n) is 1.22. The van der Waals surface area contributed by atoms with E-state index in [4.69, 9.17) is 16.3 Å². The summed E-state index contributed by atoms with van der Waals surface area (Å²) < 4.78 is 5.57. The molecule has 0 spiro atoms. The molecule has 76 valence electrons. The van der Waals surface area contributed by atoms with Crippen LogP contribution in [-0.2, 0) is 6.61 Å². The van der Waals surface area contributed by atoms with Crippen LogP contribution in [0.15, 0.2) is 48.8 Å². The zero-order valence-electron chi connectivity index (χ0n) is 8.11. The standard InChI is InChI=1S/C12H10ClNO/c13-11-3-1-10(2-4-11)9-15-12-5-7-14-8-6-12/h1-8H,9H2/p+1. The minimum atomic E-state index is 0.557. The van der Waals surface area contributed by atoms with Crippen molar-refractivity contribution in [2.45, 2.75) is 6.61 Å². The lowest BCUT2D eigenvalue weighted by molar-refractivity contribution is -0.378. The number of rotatable bonds is 3. The van der Waals surface area contributed by atoms with Crippen molar-refractivity contribution < 1.29 is 9.72 Å². The largest absolute Gasteiger partial charge is 0.488 e. The monoisotopic (exact) mass is 220 g/mol. The van der Waals surface area contributed by atoms with Gasteiger partial charge in [-0.15, -0.1) is 0 Å². The fourth-order valence-corrected chi connectivity index (χ4v) is 1.34. The Bertz CT molecular complexity index is 413. The van der Waals surface area contributed by atoms with Gasteiger partial charge in [0.1, 0.15) is 12.4 Å². The normalized spacial score (nSPS) is 9.93. The molecule has 2 rings (SSSR count). The van der Waals surface area contributed by atoms with Gasteiger partial charge in [-0.05, 0) is 17.7 Å². The molecule has 0 fully saturated rings. The Kier molecular flexibility index (Phi) is 3.20. The summed E-state index contributed by atoms with van der Waals surface area (Å²) in [5.74, 6) is 0.851. The molecule has 0 aliphatic heterocycles. The molecule has 3 heteroatoms. The Morgan fingerprint density at radius 2 is 1.67 bits per heavy atom. The fraction of sp³-hybridized carbons (Fsp3) is 0.0833. The molecule has 0 saturated heterocycles. The van der Waals surface area contributed by atoms with Gasteiger partial charge in [0.05, 0.1) is 0 Å². The van der Waals surface area contributed by atoms with Crippen LogP contribution in [0, 0.1) is 0 Å². The van der Waals surface area contributed by atoms with Crippen molar-refractivity contribution in [1.29, 1.82) is 0 Å². The number of halogens is 1. The molecule has 1 aromatic carbocycles. The molecular weight excluding hydrogens is 210 g/mol. The number of H-pyrrole nitrogens is 1. The summed E-state index contributed by atoms with van der Waals surface area (Å²) in [6.45, 7) is 0.557. The van der Waals surface area contributed by atoms with E-state index in [9.17, 15) is 0 Å². The molecule has 1 aromatic heterocycles. The zero-order valence-corrected chi connectivity index (χ0v) is 8.87. The molecule has 0 radical (unpaired) electrons. The van der Waals surface area contributed by atoms with Crippen LogP contribution in [0.25, 0.3) is 0 Å². The highest BCUT2D eigenvalue weighted by Gasteiger charge is 1.96. The van der Waals surface area contributed by atoms with Gasteiger partial charge in [0, 0.05) is 17.2 Å². The smallest absolute Gasteiger partial charge is 0.170 e. The van der Waals surface area contributed by atoms with Gasteiger partial charge in [0.2, 0.25) is 0 Å². The van der Waals surface area contributed by atoms with E-state index < -0.39 is 0 Å². The highest BCUT2D eigenvalue weighted by molar-refractivity contribution is 6.30. The second kappa shape index (κ2) is 4.80. The third kappa shape index (κ3) is 2.96. The topological polar surface area (TPSA) is 23.4 Å². The molecule has 2 nitrogen and oxygen atoms in total. The second-order valence-corrected chi connectivity index (χ2v) is 3.59. The lowest BCUT2D eigenvalue weighted by atomic mass is 10.2. The van der Waals surface area contributed by atoms with Crippen molar-refractivity contribution in [3.05, 3.63) is 59.4 Å². The Balaban J connectivity index is 1.96. The minimum Gasteiger partial charge on any atom is -0.488 e. The van der Waals surface area contributed by atoms with Crippen molar-refractivity contribution >= 4 is 11.6 Å². The summed E-state index contributed by atoms with van der Waals surface area (Å²) in [6.07, 6.45) is 3.66. The van der Waals surface area contributed by atoms with Gasteiger partial charge in [0.25, 0.3) is 0 Å². The predicted molar refractivity (Wildman–Crippen MR) is 58.8 cm³/mol. The Morgan fingerprint density at radius 1 is 1.00 bits per heavy atom. The highest BCUT2D eigenvalue weighted by Crippen LogP contribution is 2.12. The average Bonchev–Trinajstić information content (AvgIpc) is 2.30. The minimum absolute atomic E-state index is 0.557. The third-order valence-corrected chi connectivity index (χ3v) is 2.26. The predicted octanol–water partition coefficient (Wildman–Crippen LogP) is 2.73. The van der Waals surface area contributed by atoms with Gasteiger partial charge in [0.15, 0.2) is 12.4 Å². The first kappa shape index (κ1) is 9.99. The number of hydrogen-bond donors (Lipinski definition) is 0. The lowest BCUT2D eigenvalue weighted by Gasteiger charge is -2.04. The van der Waals surface area contributed by atoms with E-state index >= 15 is 0 Å². The van der Waals surface area contributed by atoms with E-state index in [1.807, 2.05) is 48.8 Å². The van der Waals surface area contributed by atoms with E-state index in [0.717, 1.165) is 16.3 Å². The zero-order chi connectivity index (χ0) is 10.5.